The van der Waals surface area contributed by atoms with Gasteiger partial charge in [-0.05, 0) is 163 Å². The zero-order valence-corrected chi connectivity index (χ0v) is 80.6. The van der Waals surface area contributed by atoms with E-state index in [0.29, 0.717) is 37.3 Å². The van der Waals surface area contributed by atoms with Gasteiger partial charge >= 0.3 is 83.5 Å². The van der Waals surface area contributed by atoms with Crippen molar-refractivity contribution < 1.29 is 140 Å². The Balaban J connectivity index is 0. The van der Waals surface area contributed by atoms with Gasteiger partial charge in [0.15, 0.2) is 11.6 Å². The first-order valence-corrected chi connectivity index (χ1v) is 42.0. The first kappa shape index (κ1) is 119. The Labute approximate surface area is 784 Å². The van der Waals surface area contributed by atoms with Crippen LogP contribution in [0, 0.1) is 0 Å². The first-order chi connectivity index (χ1) is 58.6. The zero-order chi connectivity index (χ0) is 93.1. The van der Waals surface area contributed by atoms with Crippen molar-refractivity contribution in [2.45, 2.75) is 220 Å². The van der Waals surface area contributed by atoms with Gasteiger partial charge < -0.3 is 58.5 Å². The second kappa shape index (κ2) is 67.2. The summed E-state index contributed by atoms with van der Waals surface area (Å²) >= 11 is 6.51. The predicted molar refractivity (Wildman–Crippen MR) is 478 cm³/mol. The van der Waals surface area contributed by atoms with E-state index in [1.165, 1.54) is 13.8 Å². The van der Waals surface area contributed by atoms with Gasteiger partial charge in [-0.15, -0.1) is 12.4 Å². The van der Waals surface area contributed by atoms with E-state index in [1.54, 1.807) is 29.3 Å². The molecule has 0 radical (unpaired) electrons. The van der Waals surface area contributed by atoms with Crippen LogP contribution in [0.4, 0.5) is 9.59 Å². The van der Waals surface area contributed by atoms with E-state index in [2.05, 4.69) is 80.9 Å². The summed E-state index contributed by atoms with van der Waals surface area (Å²) in [6.07, 6.45) is 4.14. The number of hydrazine groups is 4. The minimum atomic E-state index is -0.763. The molecular weight excluding hydrogens is 1800 g/mol. The molecule has 692 valence electrons. The SMILES string of the molecule is CC(=O)OCc1ccccc1.CC(=O)OCc1ccccc1.CC(C)(C)OC(=O)C(Br)CCBr.CC(C)(C)OC(=O)C1CCCN1CC(=O)c1ccccc1.CC(C)(C)OC(=O)C1CCN(CC(=O)c2ccccc2)N1.CC(C)(C)OC(=O)C1CCNN1.Cl.NN.O=C(NNC(=O)OCc1ccccc1)OCc1ccccc1.O=C(O)C1CCCN1.O=CO[O-].[Na+]. The van der Waals surface area contributed by atoms with E-state index in [-0.39, 0.29) is 157 Å². The van der Waals surface area contributed by atoms with Crippen LogP contribution in [0.3, 0.4) is 0 Å². The maximum atomic E-state index is 12.3. The Morgan fingerprint density at radius 1 is 0.500 bits per heavy atom. The first-order valence-electron chi connectivity index (χ1n) is 39.9. The normalized spacial score (nSPS) is 15.4. The number of esters is 6. The van der Waals surface area contributed by atoms with E-state index in [9.17, 15) is 52.7 Å². The van der Waals surface area contributed by atoms with Gasteiger partial charge in [-0.3, -0.25) is 70.0 Å². The van der Waals surface area contributed by atoms with Gasteiger partial charge in [-0.1, -0.05) is 214 Å². The third-order valence-electron chi connectivity index (χ3n) is 15.8. The van der Waals surface area contributed by atoms with Crippen molar-refractivity contribution in [3.05, 3.63) is 215 Å². The zero-order valence-electron chi connectivity index (χ0n) is 74.7. The molecule has 4 aliphatic heterocycles. The molecular formula is C89H126Br2ClN10NaO23. The fraction of sp³-hybridized carbons (Fsp3) is 0.461. The fourth-order valence-corrected chi connectivity index (χ4v) is 11.8. The Morgan fingerprint density at radius 3 is 1.19 bits per heavy atom. The number of hydrogen-bond acceptors (Lipinski definition) is 30. The molecule has 126 heavy (non-hydrogen) atoms. The third-order valence-corrected chi connectivity index (χ3v) is 17.1. The van der Waals surface area contributed by atoms with Crippen LogP contribution in [0.2, 0.25) is 0 Å². The summed E-state index contributed by atoms with van der Waals surface area (Å²) in [5, 5.41) is 22.2. The average Bonchev–Trinajstić information content (AvgIpc) is 1.70. The number of Topliss-reactive ketones (excluding diaryl/α,β-unsaturated/α-hetero) is 2. The van der Waals surface area contributed by atoms with E-state index >= 15 is 0 Å². The van der Waals surface area contributed by atoms with Crippen LogP contribution in [0.25, 0.3) is 0 Å². The molecule has 5 unspecified atom stereocenters. The number of ether oxygens (including phenoxy) is 8. The monoisotopic (exact) mass is 1920 g/mol. The van der Waals surface area contributed by atoms with Crippen LogP contribution in [-0.4, -0.2) is 183 Å². The molecule has 6 aromatic carbocycles. The summed E-state index contributed by atoms with van der Waals surface area (Å²) in [4.78, 5) is 138. The van der Waals surface area contributed by atoms with Gasteiger partial charge in [0.05, 0.1) is 13.1 Å². The molecule has 0 bridgehead atoms. The number of hydrogen-bond donors (Lipinski definition) is 9. The Bertz CT molecular complexity index is 3950. The number of carboxylic acid groups (broad SMARTS) is 1. The number of alkyl halides is 2. The number of nitrogens with zero attached hydrogens (tertiary/aromatic N) is 2. The summed E-state index contributed by atoms with van der Waals surface area (Å²) in [5.74, 6) is 6.02. The summed E-state index contributed by atoms with van der Waals surface area (Å²) in [5.41, 5.74) is 16.3. The predicted octanol–water partition coefficient (Wildman–Crippen LogP) is 8.29. The van der Waals surface area contributed by atoms with Crippen LogP contribution in [0.1, 0.15) is 185 Å². The van der Waals surface area contributed by atoms with Crippen molar-refractivity contribution in [2.75, 3.05) is 44.6 Å². The van der Waals surface area contributed by atoms with Crippen molar-refractivity contribution in [3.8, 4) is 0 Å². The second-order valence-corrected chi connectivity index (χ2v) is 33.1. The molecule has 10 rings (SSSR count). The van der Waals surface area contributed by atoms with Crippen molar-refractivity contribution in [3.63, 3.8) is 0 Å². The van der Waals surface area contributed by atoms with Gasteiger partial charge in [0, 0.05) is 43.4 Å². The number of carbonyl (C=O) groups is 12. The number of rotatable bonds is 22. The van der Waals surface area contributed by atoms with Crippen LogP contribution in [0.5, 0.6) is 0 Å². The number of benzene rings is 6. The third kappa shape index (κ3) is 60.5. The maximum Gasteiger partial charge on any atom is 1.00 e. The molecule has 4 aliphatic rings. The molecule has 0 aromatic heterocycles. The Hall–Kier alpha value is -9.15. The minimum absolute atomic E-state index is 0. The van der Waals surface area contributed by atoms with Crippen LogP contribution >= 0.6 is 44.3 Å². The van der Waals surface area contributed by atoms with Crippen molar-refractivity contribution in [2.24, 2.45) is 11.7 Å². The number of halogens is 3. The van der Waals surface area contributed by atoms with Gasteiger partial charge in [-0.2, -0.15) is 0 Å². The van der Waals surface area contributed by atoms with Crippen molar-refractivity contribution >= 4 is 116 Å². The van der Waals surface area contributed by atoms with Crippen molar-refractivity contribution in [1.82, 2.24) is 42.4 Å². The number of nitrogens with two attached hydrogens (primary N) is 2. The van der Waals surface area contributed by atoms with Crippen molar-refractivity contribution in [1.29, 1.82) is 0 Å². The number of likely N-dealkylation sites (tertiary alicyclic amines) is 1. The molecule has 0 spiro atoms. The molecule has 6 aromatic rings. The topological polar surface area (TPSA) is 462 Å². The number of ketones is 2. The smallest absolute Gasteiger partial charge is 0.662 e. The number of amides is 2. The standard InChI is InChI=1S/C17H23NO3.C16H16N2O4.C16H22N2O3.2C9H10O2.C8H14Br2O2.C8H16N2O2.C5H9NO2.CH2O3.ClH.H4N2.Na/c1-17(2,3)21-16(20)14-10-7-11-18(14)12-15(19)13-8-5-4-6-9-13;19-15(21-11-13-7-3-1-4-8-13)17-18-16(20)22-12-14-9-5-2-6-10-14;1-16(2,3)21-15(20)13-9-10-18(17-13)11-14(19)12-7-5-4-6-8-12;2*1-8(10)11-7-9-5-3-2-4-6-9;1-8(2,3)12-7(11)6(10)4-5-9;1-8(2,3)12-7(11)6-4-5-9-10-6;7-5(8)4-2-1-3-6-4;2-1-4-3;;1-2;/h4-6,8-9,14H,7,10-12H2,1-3H3;1-10H,11-12H2,(H,17,19)(H,18,20);4-8,13,17H,9-11H2,1-3H3;2*2-6H,7H2,1H3;6H,4-5H2,1-3H3;6,9-10H,4-5H2,1-3H3;4,6H,1-3H2,(H,7,8);1,3H;1H;1-2H2;/q;;;;;;;;;;;+1/p-1. The quantitative estimate of drug-likeness (QED) is 0.00355. The molecule has 4 saturated heterocycles. The largest absolute Gasteiger partial charge is 1.00 e. The van der Waals surface area contributed by atoms with Crippen LogP contribution in [-0.2, 0) is 108 Å². The number of aliphatic carboxylic acids is 1. The molecule has 2 amide bonds. The van der Waals surface area contributed by atoms with E-state index in [4.69, 9.17) is 53.1 Å². The molecule has 5 atom stereocenters. The van der Waals surface area contributed by atoms with Gasteiger partial charge in [0.1, 0.15) is 77.8 Å². The van der Waals surface area contributed by atoms with Gasteiger partial charge in [-0.25, -0.2) is 36.3 Å². The molecule has 4 fully saturated rings. The summed E-state index contributed by atoms with van der Waals surface area (Å²) in [6, 6.07) is 54.9. The molecule has 37 heteroatoms. The van der Waals surface area contributed by atoms with Crippen LogP contribution < -0.4 is 78.9 Å². The summed E-state index contributed by atoms with van der Waals surface area (Å²) < 4.78 is 40.5. The molecule has 0 saturated carbocycles. The van der Waals surface area contributed by atoms with E-state index in [0.717, 1.165) is 85.7 Å². The van der Waals surface area contributed by atoms with Crippen LogP contribution in [0.15, 0.2) is 182 Å². The molecule has 4 heterocycles. The Kier molecular flexibility index (Phi) is 63.4. The fourth-order valence-electron chi connectivity index (χ4n) is 10.4. The molecule has 11 N–H and O–H groups in total. The molecule has 0 aliphatic carbocycles. The second-order valence-electron chi connectivity index (χ2n) is 31.2. The average molecular weight is 1920 g/mol. The number of carboxylic acids is 1. The van der Waals surface area contributed by atoms with Gasteiger partial charge in [0.25, 0.3) is 6.47 Å². The number of nitrogens with one attached hydrogen (secondary N) is 6. The Morgan fingerprint density at radius 2 is 0.865 bits per heavy atom. The maximum absolute atomic E-state index is 12.3. The van der Waals surface area contributed by atoms with Gasteiger partial charge in [0.2, 0.25) is 0 Å². The molecule has 33 nitrogen and oxygen atoms in total. The summed E-state index contributed by atoms with van der Waals surface area (Å²) in [6.45, 7) is 29.5. The minimum Gasteiger partial charge on any atom is -0.662 e. The summed E-state index contributed by atoms with van der Waals surface area (Å²) in [7, 11) is 0. The number of carbonyl (C=O) groups excluding carboxylic acids is 11. The van der Waals surface area contributed by atoms with E-state index in [1.807, 2.05) is 246 Å². The van der Waals surface area contributed by atoms with E-state index < -0.39 is 35.0 Å².